The van der Waals surface area contributed by atoms with Gasteiger partial charge in [0, 0.05) is 38.6 Å². The van der Waals surface area contributed by atoms with Gasteiger partial charge in [-0.1, -0.05) is 164 Å². The molecule has 5 nitrogen and oxygen atoms in total. The molecule has 0 amide bonds. The number of ether oxygens (including phenoxy) is 1. The lowest BCUT2D eigenvalue weighted by Gasteiger charge is -2.39. The van der Waals surface area contributed by atoms with Crippen LogP contribution in [0.15, 0.2) is 217 Å². The first-order chi connectivity index (χ1) is 31.2. The molecule has 5 heteroatoms. The molecule has 0 fully saturated rings. The van der Waals surface area contributed by atoms with Crippen LogP contribution >= 0.6 is 0 Å². The van der Waals surface area contributed by atoms with Crippen LogP contribution in [0.1, 0.15) is 22.3 Å². The Morgan fingerprint density at radius 2 is 0.841 bits per heavy atom. The second-order valence-electron chi connectivity index (χ2n) is 16.3. The summed E-state index contributed by atoms with van der Waals surface area (Å²) < 4.78 is 13.3. The van der Waals surface area contributed by atoms with Crippen LogP contribution < -0.4 is 4.74 Å². The maximum Gasteiger partial charge on any atom is 0.164 e. The summed E-state index contributed by atoms with van der Waals surface area (Å²) in [6, 6.07) is 74.5. The minimum Gasteiger partial charge on any atom is -0.457 e. The molecule has 13 rings (SSSR count). The summed E-state index contributed by atoms with van der Waals surface area (Å²) in [4.78, 5) is 14.9. The van der Waals surface area contributed by atoms with Crippen molar-refractivity contribution in [3.05, 3.63) is 235 Å². The van der Waals surface area contributed by atoms with E-state index < -0.39 is 5.41 Å². The Hall–Kier alpha value is -8.41. The van der Waals surface area contributed by atoms with Crippen molar-refractivity contribution in [2.75, 3.05) is 0 Å². The minimum absolute atomic E-state index is 0.624. The molecule has 3 heterocycles. The smallest absolute Gasteiger partial charge is 0.164 e. The molecule has 0 bridgehead atoms. The molecule has 2 aromatic heterocycles. The normalized spacial score (nSPS) is 14.5. The van der Waals surface area contributed by atoms with Gasteiger partial charge in [0.25, 0.3) is 0 Å². The third-order valence-electron chi connectivity index (χ3n) is 12.8. The summed E-state index contributed by atoms with van der Waals surface area (Å²) in [5.74, 6) is 3.61. The van der Waals surface area contributed by atoms with Gasteiger partial charge in [-0.05, 0) is 93.0 Å². The number of hydrogen-bond donors (Lipinski definition) is 0. The Bertz CT molecular complexity index is 3560. The lowest BCUT2D eigenvalue weighted by molar-refractivity contribution is 0.436. The van der Waals surface area contributed by atoms with Crippen molar-refractivity contribution < 1.29 is 9.15 Å². The van der Waals surface area contributed by atoms with E-state index in [0.29, 0.717) is 17.5 Å². The van der Waals surface area contributed by atoms with Crippen LogP contribution in [0, 0.1) is 0 Å². The second-order valence-corrected chi connectivity index (χ2v) is 16.3. The molecule has 63 heavy (non-hydrogen) atoms. The molecule has 294 valence electrons. The fraction of sp³-hybridized carbons (Fsp3) is 0.0172. The Kier molecular flexibility index (Phi) is 7.75. The first-order valence-electron chi connectivity index (χ1n) is 21.2. The topological polar surface area (TPSA) is 61.0 Å². The summed E-state index contributed by atoms with van der Waals surface area (Å²) in [7, 11) is 0. The second kappa shape index (κ2) is 13.8. The first-order valence-corrected chi connectivity index (χ1v) is 21.2. The Morgan fingerprint density at radius 1 is 0.302 bits per heavy atom. The lowest BCUT2D eigenvalue weighted by atomic mass is 9.65. The number of para-hydroxylation sites is 2. The standard InChI is InChI=1S/C58H35N3O2/c1-3-15-36(16-4-1)55-59-56(37-17-5-2-6-18-37)61-57(60-55)42-22-14-21-40(32-42)38-19-13-20-39(31-38)41-29-30-53-50(33-41)58(48-26-10-12-28-52(48)63-53)47-25-9-7-23-43(47)45-35-54-46(34-49(45)58)44-24-8-11-27-51(44)62-54/h1-35H. The van der Waals surface area contributed by atoms with Gasteiger partial charge in [-0.25, -0.2) is 15.0 Å². The predicted molar refractivity (Wildman–Crippen MR) is 252 cm³/mol. The monoisotopic (exact) mass is 805 g/mol. The number of aromatic nitrogens is 3. The average molecular weight is 806 g/mol. The van der Waals surface area contributed by atoms with Crippen molar-refractivity contribution in [3.63, 3.8) is 0 Å². The minimum atomic E-state index is -0.633. The fourth-order valence-electron chi connectivity index (χ4n) is 9.95. The summed E-state index contributed by atoms with van der Waals surface area (Å²) in [5, 5.41) is 2.22. The third-order valence-corrected chi connectivity index (χ3v) is 12.8. The van der Waals surface area contributed by atoms with Gasteiger partial charge in [-0.3, -0.25) is 0 Å². The van der Waals surface area contributed by atoms with Crippen LogP contribution in [0.5, 0.6) is 11.5 Å². The Balaban J connectivity index is 0.955. The van der Waals surface area contributed by atoms with Crippen molar-refractivity contribution >= 4 is 21.9 Å². The van der Waals surface area contributed by atoms with Gasteiger partial charge in [0.2, 0.25) is 0 Å². The molecule has 1 aliphatic heterocycles. The highest BCUT2D eigenvalue weighted by Gasteiger charge is 2.51. The molecule has 1 spiro atoms. The van der Waals surface area contributed by atoms with Crippen LogP contribution in [0.25, 0.3) is 89.5 Å². The molecule has 1 aliphatic carbocycles. The molecule has 2 aliphatic rings. The summed E-state index contributed by atoms with van der Waals surface area (Å²) >= 11 is 0. The molecular weight excluding hydrogens is 771 g/mol. The van der Waals surface area contributed by atoms with E-state index in [1.165, 1.54) is 22.3 Å². The molecular formula is C58H35N3O2. The first kappa shape index (κ1) is 35.4. The predicted octanol–water partition coefficient (Wildman–Crippen LogP) is 14.6. The summed E-state index contributed by atoms with van der Waals surface area (Å²) in [5.41, 5.74) is 15.4. The van der Waals surface area contributed by atoms with Gasteiger partial charge >= 0.3 is 0 Å². The van der Waals surface area contributed by atoms with Crippen LogP contribution in [-0.2, 0) is 5.41 Å². The van der Waals surface area contributed by atoms with Crippen molar-refractivity contribution in [3.8, 4) is 79.0 Å². The maximum atomic E-state index is 6.81. The number of benzene rings is 9. The largest absolute Gasteiger partial charge is 0.457 e. The molecule has 0 saturated carbocycles. The number of fused-ring (bicyclic) bond motifs is 12. The fourth-order valence-corrected chi connectivity index (χ4v) is 9.95. The van der Waals surface area contributed by atoms with E-state index in [1.807, 2.05) is 66.7 Å². The number of rotatable bonds is 5. The molecule has 1 atom stereocenters. The van der Waals surface area contributed by atoms with E-state index in [2.05, 4.69) is 146 Å². The van der Waals surface area contributed by atoms with Gasteiger partial charge in [0.15, 0.2) is 17.5 Å². The van der Waals surface area contributed by atoms with E-state index >= 15 is 0 Å². The van der Waals surface area contributed by atoms with Crippen molar-refractivity contribution in [1.82, 2.24) is 15.0 Å². The van der Waals surface area contributed by atoms with E-state index in [4.69, 9.17) is 24.1 Å². The summed E-state index contributed by atoms with van der Waals surface area (Å²) in [6.45, 7) is 0. The number of nitrogens with zero attached hydrogens (tertiary/aromatic N) is 3. The van der Waals surface area contributed by atoms with Crippen molar-refractivity contribution in [2.45, 2.75) is 5.41 Å². The maximum absolute atomic E-state index is 6.81. The van der Waals surface area contributed by atoms with Gasteiger partial charge < -0.3 is 9.15 Å². The Morgan fingerprint density at radius 3 is 1.57 bits per heavy atom. The zero-order chi connectivity index (χ0) is 41.5. The zero-order valence-electron chi connectivity index (χ0n) is 33.9. The molecule has 1 unspecified atom stereocenters. The molecule has 11 aromatic rings. The van der Waals surface area contributed by atoms with E-state index in [-0.39, 0.29) is 0 Å². The molecule has 0 radical (unpaired) electrons. The molecule has 0 saturated heterocycles. The molecule has 0 N–H and O–H groups in total. The highest BCUT2D eigenvalue weighted by molar-refractivity contribution is 6.08. The Labute approximate surface area is 363 Å². The quantitative estimate of drug-likeness (QED) is 0.173. The third kappa shape index (κ3) is 5.46. The average Bonchev–Trinajstić information content (AvgIpc) is 3.86. The van der Waals surface area contributed by atoms with Crippen LogP contribution in [-0.4, -0.2) is 15.0 Å². The SMILES string of the molecule is c1ccc(-c2nc(-c3ccccc3)nc(-c3cccc(-c4cccc(-c5ccc6c(c5)C5(c7ccccc7O6)c6ccccc6-c6cc7oc8ccccc8c7cc65)c4)c3)n2)cc1. The van der Waals surface area contributed by atoms with Gasteiger partial charge in [-0.15, -0.1) is 0 Å². The number of furan rings is 1. The van der Waals surface area contributed by atoms with Gasteiger partial charge in [0.1, 0.15) is 22.7 Å². The van der Waals surface area contributed by atoms with E-state index in [1.54, 1.807) is 0 Å². The van der Waals surface area contributed by atoms with Crippen molar-refractivity contribution in [2.24, 2.45) is 0 Å². The molecule has 9 aromatic carbocycles. The highest BCUT2D eigenvalue weighted by Crippen LogP contribution is 2.63. The van der Waals surface area contributed by atoms with Crippen LogP contribution in [0.3, 0.4) is 0 Å². The van der Waals surface area contributed by atoms with E-state index in [9.17, 15) is 0 Å². The number of hydrogen-bond acceptors (Lipinski definition) is 5. The van der Waals surface area contributed by atoms with Crippen molar-refractivity contribution in [1.29, 1.82) is 0 Å². The zero-order valence-corrected chi connectivity index (χ0v) is 33.9. The van der Waals surface area contributed by atoms with Crippen LogP contribution in [0.2, 0.25) is 0 Å². The highest BCUT2D eigenvalue weighted by atomic mass is 16.5. The van der Waals surface area contributed by atoms with Crippen LogP contribution in [0.4, 0.5) is 0 Å². The lowest BCUT2D eigenvalue weighted by Crippen LogP contribution is -2.32. The summed E-state index contributed by atoms with van der Waals surface area (Å²) in [6.07, 6.45) is 0. The van der Waals surface area contributed by atoms with E-state index in [0.717, 1.165) is 83.5 Å². The van der Waals surface area contributed by atoms with Gasteiger partial charge in [-0.2, -0.15) is 0 Å². The van der Waals surface area contributed by atoms with Gasteiger partial charge in [0.05, 0.1) is 5.41 Å².